The quantitative estimate of drug-likeness (QED) is 0.639. The Morgan fingerprint density at radius 2 is 1.65 bits per heavy atom. The average molecular weight is 419 g/mol. The highest BCUT2D eigenvalue weighted by atomic mass is 16.2. The largest absolute Gasteiger partial charge is 0.340 e. The molecule has 0 aliphatic carbocycles. The molecule has 0 N–H and O–H groups in total. The van der Waals surface area contributed by atoms with Gasteiger partial charge in [-0.1, -0.05) is 18.6 Å². The summed E-state index contributed by atoms with van der Waals surface area (Å²) < 4.78 is 4.39. The predicted octanol–water partition coefficient (Wildman–Crippen LogP) is 2.68. The van der Waals surface area contributed by atoms with E-state index < -0.39 is 0 Å². The van der Waals surface area contributed by atoms with Gasteiger partial charge in [0.1, 0.15) is 11.6 Å². The van der Waals surface area contributed by atoms with Gasteiger partial charge in [-0.15, -0.1) is 10.2 Å². The molecular formula is C24H30N6O. The van der Waals surface area contributed by atoms with Crippen LogP contribution in [0.2, 0.25) is 0 Å². The molecule has 1 amide bonds. The molecule has 0 bridgehead atoms. The number of nitrogens with zero attached hydrogens (tertiary/aromatic N) is 6. The van der Waals surface area contributed by atoms with Gasteiger partial charge < -0.3 is 14.0 Å². The van der Waals surface area contributed by atoms with Crippen molar-refractivity contribution in [2.75, 3.05) is 26.2 Å². The van der Waals surface area contributed by atoms with Crippen molar-refractivity contribution in [3.05, 3.63) is 66.0 Å². The first-order chi connectivity index (χ1) is 15.3. The summed E-state index contributed by atoms with van der Waals surface area (Å²) in [6, 6.07) is 12.3. The van der Waals surface area contributed by atoms with E-state index in [1.807, 2.05) is 29.4 Å². The fourth-order valence-corrected chi connectivity index (χ4v) is 4.60. The summed E-state index contributed by atoms with van der Waals surface area (Å²) in [5, 5.41) is 8.87. The van der Waals surface area contributed by atoms with Crippen molar-refractivity contribution >= 4 is 5.91 Å². The van der Waals surface area contributed by atoms with E-state index in [2.05, 4.69) is 48.5 Å². The first-order valence-electron chi connectivity index (χ1n) is 11.4. The predicted molar refractivity (Wildman–Crippen MR) is 119 cm³/mol. The minimum atomic E-state index is 0.213. The second kappa shape index (κ2) is 9.06. The third kappa shape index (κ3) is 4.56. The lowest BCUT2D eigenvalue weighted by molar-refractivity contribution is -0.132. The smallest absolute Gasteiger partial charge is 0.227 e. The normalized spacial score (nSPS) is 17.4. The van der Waals surface area contributed by atoms with Gasteiger partial charge in [-0.3, -0.25) is 9.69 Å². The minimum absolute atomic E-state index is 0.213. The highest BCUT2D eigenvalue weighted by Gasteiger charge is 2.23. The van der Waals surface area contributed by atoms with Crippen LogP contribution in [0.1, 0.15) is 36.5 Å². The standard InChI is InChI=1S/C24H30N6O/c31-24(18-20-7-9-21(10-8-20)28-11-4-5-12-28)29-16-14-27(15-17-29)19-23-26-25-22-6-2-1-3-13-30(22)23/h4-5,7-12H,1-3,6,13-19H2. The number of carbonyl (C=O) groups is 1. The molecule has 162 valence electrons. The summed E-state index contributed by atoms with van der Waals surface area (Å²) >= 11 is 0. The maximum Gasteiger partial charge on any atom is 0.227 e. The van der Waals surface area contributed by atoms with Crippen LogP contribution in [-0.4, -0.2) is 61.2 Å². The monoisotopic (exact) mass is 418 g/mol. The lowest BCUT2D eigenvalue weighted by Crippen LogP contribution is -2.49. The molecule has 2 aromatic heterocycles. The minimum Gasteiger partial charge on any atom is -0.340 e. The van der Waals surface area contributed by atoms with Crippen molar-refractivity contribution in [3.63, 3.8) is 0 Å². The Balaban J connectivity index is 1.13. The molecule has 7 heteroatoms. The maximum absolute atomic E-state index is 12.8. The first-order valence-corrected chi connectivity index (χ1v) is 11.4. The zero-order chi connectivity index (χ0) is 21.0. The summed E-state index contributed by atoms with van der Waals surface area (Å²) in [4.78, 5) is 17.2. The third-order valence-corrected chi connectivity index (χ3v) is 6.47. The Morgan fingerprint density at radius 1 is 0.871 bits per heavy atom. The Bertz CT molecular complexity index is 999. The number of carbonyl (C=O) groups excluding carboxylic acids is 1. The zero-order valence-electron chi connectivity index (χ0n) is 18.0. The van der Waals surface area contributed by atoms with E-state index in [0.717, 1.165) is 68.6 Å². The molecule has 1 saturated heterocycles. The van der Waals surface area contributed by atoms with Crippen LogP contribution >= 0.6 is 0 Å². The molecule has 31 heavy (non-hydrogen) atoms. The maximum atomic E-state index is 12.8. The second-order valence-electron chi connectivity index (χ2n) is 8.59. The van der Waals surface area contributed by atoms with Crippen LogP contribution in [0.5, 0.6) is 0 Å². The van der Waals surface area contributed by atoms with E-state index in [1.165, 1.54) is 19.3 Å². The summed E-state index contributed by atoms with van der Waals surface area (Å²) in [6.45, 7) is 5.21. The van der Waals surface area contributed by atoms with Gasteiger partial charge in [0.05, 0.1) is 13.0 Å². The first kappa shape index (κ1) is 20.0. The van der Waals surface area contributed by atoms with Gasteiger partial charge in [0.15, 0.2) is 0 Å². The number of hydrogen-bond acceptors (Lipinski definition) is 4. The number of aryl methyl sites for hydroxylation is 1. The molecular weight excluding hydrogens is 388 g/mol. The van der Waals surface area contributed by atoms with E-state index in [0.29, 0.717) is 6.42 Å². The second-order valence-corrected chi connectivity index (χ2v) is 8.59. The van der Waals surface area contributed by atoms with Gasteiger partial charge in [-0.2, -0.15) is 0 Å². The lowest BCUT2D eigenvalue weighted by Gasteiger charge is -2.34. The average Bonchev–Trinajstić information content (AvgIpc) is 3.40. The molecule has 1 aromatic carbocycles. The SMILES string of the molecule is O=C(Cc1ccc(-n2cccc2)cc1)N1CCN(Cc2nnc3n2CCCCC3)CC1. The topological polar surface area (TPSA) is 59.2 Å². The van der Waals surface area contributed by atoms with Gasteiger partial charge in [-0.25, -0.2) is 0 Å². The highest BCUT2D eigenvalue weighted by Crippen LogP contribution is 2.17. The molecule has 0 saturated carbocycles. The Hall–Kier alpha value is -2.93. The number of fused-ring (bicyclic) bond motifs is 1. The fourth-order valence-electron chi connectivity index (χ4n) is 4.60. The van der Waals surface area contributed by atoms with Gasteiger partial charge in [-0.05, 0) is 42.7 Å². The number of amides is 1. The molecule has 3 aromatic rings. The van der Waals surface area contributed by atoms with Crippen LogP contribution in [-0.2, 0) is 30.7 Å². The molecule has 0 radical (unpaired) electrons. The van der Waals surface area contributed by atoms with Crippen LogP contribution in [0, 0.1) is 0 Å². The van der Waals surface area contributed by atoms with Crippen molar-refractivity contribution < 1.29 is 4.79 Å². The fraction of sp³-hybridized carbons (Fsp3) is 0.458. The van der Waals surface area contributed by atoms with Crippen LogP contribution < -0.4 is 0 Å². The summed E-state index contributed by atoms with van der Waals surface area (Å²) in [7, 11) is 0. The van der Waals surface area contributed by atoms with Crippen molar-refractivity contribution in [1.82, 2.24) is 29.1 Å². The molecule has 2 aliphatic heterocycles. The summed E-state index contributed by atoms with van der Waals surface area (Å²) in [5.74, 6) is 2.44. The third-order valence-electron chi connectivity index (χ3n) is 6.47. The van der Waals surface area contributed by atoms with E-state index >= 15 is 0 Å². The summed E-state index contributed by atoms with van der Waals surface area (Å²) in [5.41, 5.74) is 2.18. The number of hydrogen-bond donors (Lipinski definition) is 0. The van der Waals surface area contributed by atoms with E-state index in [4.69, 9.17) is 0 Å². The molecule has 7 nitrogen and oxygen atoms in total. The number of piperazine rings is 1. The number of rotatable bonds is 5. The van der Waals surface area contributed by atoms with Gasteiger partial charge in [0.2, 0.25) is 5.91 Å². The van der Waals surface area contributed by atoms with Crippen molar-refractivity contribution in [1.29, 1.82) is 0 Å². The highest BCUT2D eigenvalue weighted by molar-refractivity contribution is 5.79. The molecule has 2 aliphatic rings. The van der Waals surface area contributed by atoms with E-state index in [-0.39, 0.29) is 5.91 Å². The van der Waals surface area contributed by atoms with Crippen LogP contribution in [0.15, 0.2) is 48.8 Å². The van der Waals surface area contributed by atoms with Gasteiger partial charge in [0.25, 0.3) is 0 Å². The molecule has 1 fully saturated rings. The number of benzene rings is 1. The van der Waals surface area contributed by atoms with E-state index in [1.54, 1.807) is 0 Å². The Kier molecular flexibility index (Phi) is 5.84. The Labute approximate surface area is 183 Å². The van der Waals surface area contributed by atoms with Crippen LogP contribution in [0.25, 0.3) is 5.69 Å². The van der Waals surface area contributed by atoms with Crippen LogP contribution in [0.4, 0.5) is 0 Å². The van der Waals surface area contributed by atoms with Gasteiger partial charge in [0, 0.05) is 57.2 Å². The van der Waals surface area contributed by atoms with Crippen molar-refractivity contribution in [2.24, 2.45) is 0 Å². The van der Waals surface area contributed by atoms with Crippen molar-refractivity contribution in [2.45, 2.75) is 45.2 Å². The molecule has 0 spiro atoms. The van der Waals surface area contributed by atoms with Gasteiger partial charge >= 0.3 is 0 Å². The molecule has 4 heterocycles. The van der Waals surface area contributed by atoms with Crippen LogP contribution in [0.3, 0.4) is 0 Å². The summed E-state index contributed by atoms with van der Waals surface area (Å²) in [6.07, 6.45) is 9.26. The molecule has 0 unspecified atom stereocenters. The molecule has 0 atom stereocenters. The van der Waals surface area contributed by atoms with E-state index in [9.17, 15) is 4.79 Å². The number of aromatic nitrogens is 4. The zero-order valence-corrected chi connectivity index (χ0v) is 18.0. The van der Waals surface area contributed by atoms with Crippen molar-refractivity contribution in [3.8, 4) is 5.69 Å². The Morgan fingerprint density at radius 3 is 2.42 bits per heavy atom. The lowest BCUT2D eigenvalue weighted by atomic mass is 10.1. The molecule has 5 rings (SSSR count).